The Balaban J connectivity index is 1.35. The molecule has 1 amide bonds. The minimum Gasteiger partial charge on any atom is -0.376 e. The summed E-state index contributed by atoms with van der Waals surface area (Å²) in [6, 6.07) is 10.5. The van der Waals surface area contributed by atoms with Gasteiger partial charge in [0.1, 0.15) is 6.10 Å². The highest BCUT2D eigenvalue weighted by molar-refractivity contribution is 5.81. The van der Waals surface area contributed by atoms with Crippen LogP contribution in [-0.2, 0) is 20.7 Å². The molecule has 0 aliphatic carbocycles. The average Bonchev–Trinajstić information content (AvgIpc) is 3.08. The molecule has 2 saturated heterocycles. The lowest BCUT2D eigenvalue weighted by atomic mass is 10.1. The van der Waals surface area contributed by atoms with Gasteiger partial charge >= 0.3 is 0 Å². The van der Waals surface area contributed by atoms with E-state index in [9.17, 15) is 4.79 Å². The van der Waals surface area contributed by atoms with Gasteiger partial charge in [-0.15, -0.1) is 0 Å². The lowest BCUT2D eigenvalue weighted by Crippen LogP contribution is -2.49. The number of hydrogen-bond acceptors (Lipinski definition) is 4. The number of carbonyl (C=O) groups is 1. The smallest absolute Gasteiger partial charge is 0.253 e. The summed E-state index contributed by atoms with van der Waals surface area (Å²) in [7, 11) is 2.03. The molecule has 0 aromatic heterocycles. The second kappa shape index (κ2) is 8.60. The zero-order valence-corrected chi connectivity index (χ0v) is 14.5. The molecule has 132 valence electrons. The number of carbonyl (C=O) groups excluding carboxylic acids is 1. The number of rotatable bonds is 6. The van der Waals surface area contributed by atoms with Crippen LogP contribution in [0.5, 0.6) is 0 Å². The van der Waals surface area contributed by atoms with Gasteiger partial charge in [-0.1, -0.05) is 30.3 Å². The molecule has 0 saturated carbocycles. The van der Waals surface area contributed by atoms with E-state index in [1.165, 1.54) is 5.56 Å². The van der Waals surface area contributed by atoms with Crippen LogP contribution in [0.2, 0.25) is 0 Å². The van der Waals surface area contributed by atoms with Gasteiger partial charge in [0.2, 0.25) is 0 Å². The normalized spacial score (nSPS) is 25.1. The molecule has 1 aromatic carbocycles. The number of benzene rings is 1. The fraction of sp³-hybridized carbons (Fsp3) is 0.632. The molecule has 5 heteroatoms. The highest BCUT2D eigenvalue weighted by Crippen LogP contribution is 2.17. The van der Waals surface area contributed by atoms with Crippen molar-refractivity contribution in [3.05, 3.63) is 35.9 Å². The van der Waals surface area contributed by atoms with Crippen LogP contribution in [0.15, 0.2) is 30.3 Å². The summed E-state index contributed by atoms with van der Waals surface area (Å²) in [5.74, 6) is 0.122. The van der Waals surface area contributed by atoms with Crippen molar-refractivity contribution in [1.82, 2.24) is 9.80 Å². The van der Waals surface area contributed by atoms with Crippen molar-refractivity contribution < 1.29 is 14.3 Å². The molecule has 0 bridgehead atoms. The Morgan fingerprint density at radius 2 is 2.08 bits per heavy atom. The molecular weight excluding hydrogens is 304 g/mol. The molecule has 0 unspecified atom stereocenters. The largest absolute Gasteiger partial charge is 0.376 e. The number of amides is 1. The van der Waals surface area contributed by atoms with Crippen LogP contribution in [0.3, 0.4) is 0 Å². The number of likely N-dealkylation sites (N-methyl/N-ethyl adjacent to an activating group) is 1. The average molecular weight is 332 g/mol. The van der Waals surface area contributed by atoms with Crippen LogP contribution in [0.4, 0.5) is 0 Å². The van der Waals surface area contributed by atoms with Crippen molar-refractivity contribution in [1.29, 1.82) is 0 Å². The Morgan fingerprint density at radius 1 is 1.25 bits per heavy atom. The molecule has 24 heavy (non-hydrogen) atoms. The predicted molar refractivity (Wildman–Crippen MR) is 92.9 cm³/mol. The van der Waals surface area contributed by atoms with Crippen LogP contribution < -0.4 is 0 Å². The van der Waals surface area contributed by atoms with Crippen molar-refractivity contribution in [2.45, 2.75) is 31.5 Å². The SMILES string of the molecule is CN1CCO[C@@H](C(=O)N2CC[C@@H](OCCCc3ccccc3)C2)C1. The molecule has 3 rings (SSSR count). The summed E-state index contributed by atoms with van der Waals surface area (Å²) in [4.78, 5) is 16.6. The van der Waals surface area contributed by atoms with Crippen LogP contribution >= 0.6 is 0 Å². The lowest BCUT2D eigenvalue weighted by molar-refractivity contribution is -0.148. The second-order valence-electron chi connectivity index (χ2n) is 6.78. The van der Waals surface area contributed by atoms with E-state index in [1.807, 2.05) is 18.0 Å². The second-order valence-corrected chi connectivity index (χ2v) is 6.78. The summed E-state index contributed by atoms with van der Waals surface area (Å²) >= 11 is 0. The maximum absolute atomic E-state index is 12.5. The molecule has 1 aromatic rings. The monoisotopic (exact) mass is 332 g/mol. The predicted octanol–water partition coefficient (Wildman–Crippen LogP) is 1.57. The van der Waals surface area contributed by atoms with Crippen molar-refractivity contribution >= 4 is 5.91 Å². The zero-order chi connectivity index (χ0) is 16.8. The molecule has 0 spiro atoms. The zero-order valence-electron chi connectivity index (χ0n) is 14.5. The van der Waals surface area contributed by atoms with E-state index in [0.717, 1.165) is 39.0 Å². The molecule has 2 aliphatic rings. The minimum atomic E-state index is -0.305. The standard InChI is InChI=1S/C19H28N2O3/c1-20-11-13-24-18(15-20)19(22)21-10-9-17(14-21)23-12-5-8-16-6-3-2-4-7-16/h2-4,6-7,17-18H,5,8-15H2,1H3/t17-,18-/m1/s1. The number of morpholine rings is 1. The molecule has 0 N–H and O–H groups in total. The fourth-order valence-corrected chi connectivity index (χ4v) is 3.37. The van der Waals surface area contributed by atoms with Gasteiger partial charge in [-0.05, 0) is 31.9 Å². The molecule has 2 heterocycles. The quantitative estimate of drug-likeness (QED) is 0.742. The van der Waals surface area contributed by atoms with E-state index in [2.05, 4.69) is 29.2 Å². The highest BCUT2D eigenvalue weighted by atomic mass is 16.5. The van der Waals surface area contributed by atoms with Gasteiger partial charge in [0.25, 0.3) is 5.91 Å². The first-order valence-corrected chi connectivity index (χ1v) is 8.97. The first kappa shape index (κ1) is 17.4. The van der Waals surface area contributed by atoms with Gasteiger partial charge in [-0.3, -0.25) is 4.79 Å². The van der Waals surface area contributed by atoms with E-state index >= 15 is 0 Å². The third-order valence-electron chi connectivity index (χ3n) is 4.81. The number of ether oxygens (including phenoxy) is 2. The summed E-state index contributed by atoms with van der Waals surface area (Å²) in [5, 5.41) is 0. The highest BCUT2D eigenvalue weighted by Gasteiger charge is 2.33. The minimum absolute atomic E-state index is 0.122. The van der Waals surface area contributed by atoms with Gasteiger partial charge in [0, 0.05) is 32.8 Å². The van der Waals surface area contributed by atoms with E-state index in [4.69, 9.17) is 9.47 Å². The van der Waals surface area contributed by atoms with Gasteiger partial charge < -0.3 is 19.3 Å². The maximum Gasteiger partial charge on any atom is 0.253 e. The van der Waals surface area contributed by atoms with E-state index in [-0.39, 0.29) is 18.1 Å². The number of nitrogens with zero attached hydrogens (tertiary/aromatic N) is 2. The topological polar surface area (TPSA) is 42.0 Å². The third-order valence-corrected chi connectivity index (χ3v) is 4.81. The number of likely N-dealkylation sites (tertiary alicyclic amines) is 1. The number of aryl methyl sites for hydroxylation is 1. The molecular formula is C19H28N2O3. The Labute approximate surface area is 144 Å². The Bertz CT molecular complexity index is 523. The molecule has 2 atom stereocenters. The van der Waals surface area contributed by atoms with Crippen LogP contribution in [0, 0.1) is 0 Å². The lowest BCUT2D eigenvalue weighted by Gasteiger charge is -2.31. The van der Waals surface area contributed by atoms with E-state index < -0.39 is 0 Å². The Kier molecular flexibility index (Phi) is 6.24. The van der Waals surface area contributed by atoms with Crippen molar-refractivity contribution in [3.8, 4) is 0 Å². The molecule has 2 fully saturated rings. The van der Waals surface area contributed by atoms with Crippen LogP contribution in [0.1, 0.15) is 18.4 Å². The third kappa shape index (κ3) is 4.79. The number of hydrogen-bond donors (Lipinski definition) is 0. The summed E-state index contributed by atoms with van der Waals surface area (Å²) < 4.78 is 11.6. The van der Waals surface area contributed by atoms with Gasteiger partial charge in [-0.25, -0.2) is 0 Å². The van der Waals surface area contributed by atoms with Crippen molar-refractivity contribution in [2.24, 2.45) is 0 Å². The van der Waals surface area contributed by atoms with Gasteiger partial charge in [0.15, 0.2) is 0 Å². The molecule has 5 nitrogen and oxygen atoms in total. The van der Waals surface area contributed by atoms with Crippen molar-refractivity contribution in [2.75, 3.05) is 46.4 Å². The summed E-state index contributed by atoms with van der Waals surface area (Å²) in [5.41, 5.74) is 1.35. The fourth-order valence-electron chi connectivity index (χ4n) is 3.37. The van der Waals surface area contributed by atoms with E-state index in [1.54, 1.807) is 0 Å². The van der Waals surface area contributed by atoms with Gasteiger partial charge in [-0.2, -0.15) is 0 Å². The van der Waals surface area contributed by atoms with Gasteiger partial charge in [0.05, 0.1) is 12.7 Å². The Hall–Kier alpha value is -1.43. The summed E-state index contributed by atoms with van der Waals surface area (Å²) in [6.45, 7) is 4.47. The first-order chi connectivity index (χ1) is 11.7. The van der Waals surface area contributed by atoms with Crippen LogP contribution in [0.25, 0.3) is 0 Å². The van der Waals surface area contributed by atoms with Crippen molar-refractivity contribution in [3.63, 3.8) is 0 Å². The molecule has 2 aliphatic heterocycles. The first-order valence-electron chi connectivity index (χ1n) is 8.97. The van der Waals surface area contributed by atoms with Crippen LogP contribution in [-0.4, -0.2) is 74.4 Å². The Morgan fingerprint density at radius 3 is 2.88 bits per heavy atom. The van der Waals surface area contributed by atoms with E-state index in [0.29, 0.717) is 19.7 Å². The molecule has 0 radical (unpaired) electrons. The maximum atomic E-state index is 12.5. The summed E-state index contributed by atoms with van der Waals surface area (Å²) in [6.07, 6.45) is 2.86.